The van der Waals surface area contributed by atoms with Crippen molar-refractivity contribution in [2.24, 2.45) is 0 Å². The van der Waals surface area contributed by atoms with Crippen molar-refractivity contribution in [1.82, 2.24) is 4.98 Å². The Balaban J connectivity index is 1.31. The van der Waals surface area contributed by atoms with Gasteiger partial charge in [-0.1, -0.05) is 24.3 Å². The number of hydrogen-bond donors (Lipinski definition) is 2. The van der Waals surface area contributed by atoms with Gasteiger partial charge in [0.05, 0.1) is 13.0 Å². The van der Waals surface area contributed by atoms with Crippen LogP contribution in [-0.4, -0.2) is 22.7 Å². The highest BCUT2D eigenvalue weighted by atomic mass is 19.1. The molecule has 2 heterocycles. The van der Waals surface area contributed by atoms with Crippen LogP contribution in [0.3, 0.4) is 0 Å². The van der Waals surface area contributed by atoms with Crippen molar-refractivity contribution >= 4 is 5.97 Å². The van der Waals surface area contributed by atoms with Crippen molar-refractivity contribution in [3.63, 3.8) is 0 Å². The van der Waals surface area contributed by atoms with Crippen LogP contribution >= 0.6 is 0 Å². The maximum absolute atomic E-state index is 15.3. The van der Waals surface area contributed by atoms with E-state index in [1.807, 2.05) is 18.2 Å². The molecule has 2 atom stereocenters. The molecule has 0 spiro atoms. The predicted molar refractivity (Wildman–Crippen MR) is 146 cm³/mol. The Morgan fingerprint density at radius 2 is 1.87 bits per heavy atom. The second-order valence-electron chi connectivity index (χ2n) is 10.4. The largest absolute Gasteiger partial charge is 0.492 e. The van der Waals surface area contributed by atoms with Gasteiger partial charge < -0.3 is 19.6 Å². The lowest BCUT2D eigenvalue weighted by Crippen LogP contribution is -2.07. The van der Waals surface area contributed by atoms with E-state index in [0.717, 1.165) is 44.5 Å². The molecular weight excluding hydrogens is 497 g/mol. The van der Waals surface area contributed by atoms with Gasteiger partial charge in [-0.2, -0.15) is 0 Å². The van der Waals surface area contributed by atoms with Crippen LogP contribution in [0.25, 0.3) is 22.3 Å². The molecule has 1 aliphatic heterocycles. The van der Waals surface area contributed by atoms with E-state index in [1.54, 1.807) is 18.3 Å². The number of carboxylic acid groups (broad SMARTS) is 1. The van der Waals surface area contributed by atoms with Crippen LogP contribution in [0.15, 0.2) is 65.6 Å². The Bertz CT molecular complexity index is 1630. The molecule has 0 fully saturated rings. The topological polar surface area (TPSA) is 88.6 Å². The Hall–Kier alpha value is -4.39. The Morgan fingerprint density at radius 1 is 1.08 bits per heavy atom. The number of fused-ring (bicyclic) bond motifs is 2. The van der Waals surface area contributed by atoms with E-state index in [1.165, 1.54) is 12.1 Å². The quantitative estimate of drug-likeness (QED) is 0.301. The summed E-state index contributed by atoms with van der Waals surface area (Å²) in [4.78, 5) is 25.4. The first-order valence-electron chi connectivity index (χ1n) is 13.1. The monoisotopic (exact) mass is 525 g/mol. The van der Waals surface area contributed by atoms with E-state index in [9.17, 15) is 9.59 Å². The summed E-state index contributed by atoms with van der Waals surface area (Å²) in [6, 6.07) is 16.3. The molecule has 2 aliphatic rings. The zero-order valence-electron chi connectivity index (χ0n) is 21.7. The molecule has 2 N–H and O–H groups in total. The van der Waals surface area contributed by atoms with E-state index < -0.39 is 12.1 Å². The first-order chi connectivity index (χ1) is 18.8. The molecule has 0 unspecified atom stereocenters. The number of rotatable bonds is 6. The Kier molecular flexibility index (Phi) is 6.22. The van der Waals surface area contributed by atoms with Crippen molar-refractivity contribution in [2.45, 2.75) is 45.1 Å². The summed E-state index contributed by atoms with van der Waals surface area (Å²) in [5.41, 5.74) is 8.43. The molecule has 0 amide bonds. The molecule has 1 aliphatic carbocycles. The normalized spacial score (nSPS) is 17.4. The Morgan fingerprint density at radius 3 is 2.59 bits per heavy atom. The fourth-order valence-electron chi connectivity index (χ4n) is 6.04. The van der Waals surface area contributed by atoms with Gasteiger partial charge in [0.25, 0.3) is 0 Å². The highest BCUT2D eigenvalue weighted by Crippen LogP contribution is 2.45. The molecule has 0 bridgehead atoms. The lowest BCUT2D eigenvalue weighted by atomic mass is 9.88. The van der Waals surface area contributed by atoms with Gasteiger partial charge in [0.2, 0.25) is 5.56 Å². The van der Waals surface area contributed by atoms with Gasteiger partial charge in [0.1, 0.15) is 23.4 Å². The number of benzene rings is 3. The van der Waals surface area contributed by atoms with Gasteiger partial charge in [0, 0.05) is 35.4 Å². The van der Waals surface area contributed by atoms with Crippen LogP contribution in [0.5, 0.6) is 11.5 Å². The van der Waals surface area contributed by atoms with Crippen molar-refractivity contribution in [2.75, 3.05) is 6.61 Å². The van der Waals surface area contributed by atoms with Crippen LogP contribution in [0.2, 0.25) is 0 Å². The van der Waals surface area contributed by atoms with Crippen molar-refractivity contribution in [3.8, 4) is 33.8 Å². The number of aromatic amines is 1. The third kappa shape index (κ3) is 4.58. The molecule has 4 aromatic rings. The van der Waals surface area contributed by atoms with Crippen LogP contribution in [0.4, 0.5) is 4.39 Å². The molecule has 0 saturated heterocycles. The summed E-state index contributed by atoms with van der Waals surface area (Å²) in [7, 11) is 0. The molecule has 0 radical (unpaired) electrons. The van der Waals surface area contributed by atoms with Crippen LogP contribution < -0.4 is 15.0 Å². The average molecular weight is 526 g/mol. The number of carboxylic acids is 1. The summed E-state index contributed by atoms with van der Waals surface area (Å²) in [6.07, 6.45) is 2.63. The van der Waals surface area contributed by atoms with Gasteiger partial charge in [0.15, 0.2) is 0 Å². The number of aryl methyl sites for hydroxylation is 2. The first-order valence-corrected chi connectivity index (χ1v) is 13.1. The minimum absolute atomic E-state index is 0.0157. The lowest BCUT2D eigenvalue weighted by Gasteiger charge is -2.19. The molecule has 0 saturated carbocycles. The lowest BCUT2D eigenvalue weighted by molar-refractivity contribution is -0.137. The average Bonchev–Trinajstić information content (AvgIpc) is 3.50. The maximum Gasteiger partial charge on any atom is 0.304 e. The molecule has 3 aromatic carbocycles. The zero-order valence-corrected chi connectivity index (χ0v) is 21.7. The van der Waals surface area contributed by atoms with Crippen molar-refractivity contribution in [1.29, 1.82) is 0 Å². The van der Waals surface area contributed by atoms with Gasteiger partial charge in [-0.05, 0) is 83.8 Å². The summed E-state index contributed by atoms with van der Waals surface area (Å²) >= 11 is 0. The van der Waals surface area contributed by atoms with Gasteiger partial charge in [-0.3, -0.25) is 9.59 Å². The van der Waals surface area contributed by atoms with Crippen LogP contribution in [-0.2, 0) is 11.2 Å². The number of H-pyrrole nitrogens is 1. The van der Waals surface area contributed by atoms with Crippen molar-refractivity contribution in [3.05, 3.63) is 105 Å². The fraction of sp³-hybridized carbons (Fsp3) is 0.250. The summed E-state index contributed by atoms with van der Waals surface area (Å²) in [6.45, 7) is 4.44. The summed E-state index contributed by atoms with van der Waals surface area (Å²) in [5.74, 6) is -0.122. The van der Waals surface area contributed by atoms with Gasteiger partial charge >= 0.3 is 5.97 Å². The molecule has 6 nitrogen and oxygen atoms in total. The maximum atomic E-state index is 15.3. The standard InChI is InChI=1S/C32H28FNO5/c1-17-11-20(19-3-10-29(35)34-15-19)12-18(2)31(17)24-6-8-26(33)32-25(24)7-9-27(32)39-22-4-5-23-21(13-30(36)37)16-38-28(23)14-22/h3-6,8,10-12,14-15,21,27H,7,9,13,16H2,1-2H3,(H,34,35)(H,36,37)/t21-,27-/m1/s1. The summed E-state index contributed by atoms with van der Waals surface area (Å²) in [5, 5.41) is 9.15. The number of hydrogen-bond acceptors (Lipinski definition) is 4. The van der Waals surface area contributed by atoms with E-state index in [2.05, 4.69) is 31.0 Å². The minimum Gasteiger partial charge on any atom is -0.492 e. The highest BCUT2D eigenvalue weighted by molar-refractivity contribution is 5.79. The third-order valence-corrected chi connectivity index (χ3v) is 7.77. The molecule has 6 rings (SSSR count). The second kappa shape index (κ2) is 9.73. The first kappa shape index (κ1) is 24.9. The minimum atomic E-state index is -0.859. The van der Waals surface area contributed by atoms with Gasteiger partial charge in [-0.25, -0.2) is 4.39 Å². The second-order valence-corrected chi connectivity index (χ2v) is 10.4. The fourth-order valence-corrected chi connectivity index (χ4v) is 6.04. The number of halogens is 1. The Labute approximate surface area is 225 Å². The number of ether oxygens (including phenoxy) is 2. The smallest absolute Gasteiger partial charge is 0.304 e. The third-order valence-electron chi connectivity index (χ3n) is 7.77. The van der Waals surface area contributed by atoms with Crippen LogP contribution in [0, 0.1) is 19.7 Å². The van der Waals surface area contributed by atoms with Crippen LogP contribution in [0.1, 0.15) is 52.7 Å². The predicted octanol–water partition coefficient (Wildman–Crippen LogP) is 6.48. The summed E-state index contributed by atoms with van der Waals surface area (Å²) < 4.78 is 27.3. The van der Waals surface area contributed by atoms with Gasteiger partial charge in [-0.15, -0.1) is 0 Å². The number of carbonyl (C=O) groups is 1. The molecular formula is C32H28FNO5. The van der Waals surface area contributed by atoms with Crippen molar-refractivity contribution < 1.29 is 23.8 Å². The molecule has 7 heteroatoms. The van der Waals surface area contributed by atoms with E-state index in [-0.39, 0.29) is 23.7 Å². The van der Waals surface area contributed by atoms with E-state index in [0.29, 0.717) is 36.5 Å². The highest BCUT2D eigenvalue weighted by Gasteiger charge is 2.32. The zero-order chi connectivity index (χ0) is 27.3. The number of aromatic nitrogens is 1. The molecule has 39 heavy (non-hydrogen) atoms. The van der Waals surface area contributed by atoms with E-state index in [4.69, 9.17) is 14.6 Å². The SMILES string of the molecule is Cc1cc(-c2ccc(=O)[nH]c2)cc(C)c1-c1ccc(F)c2c1CC[C@H]2Oc1ccc2c(c1)OC[C@H]2CC(=O)O. The van der Waals surface area contributed by atoms with E-state index >= 15 is 4.39 Å². The number of pyridine rings is 1. The molecule has 1 aromatic heterocycles. The molecule has 198 valence electrons. The number of nitrogens with one attached hydrogen (secondary N) is 1. The number of aliphatic carboxylic acids is 1.